The van der Waals surface area contributed by atoms with Crippen LogP contribution in [-0.2, 0) is 0 Å². The number of ether oxygens (including phenoxy) is 1. The lowest BCUT2D eigenvalue weighted by Crippen LogP contribution is -1.94. The highest BCUT2D eigenvalue weighted by Gasteiger charge is 2.11. The third-order valence-corrected chi connectivity index (χ3v) is 2.50. The summed E-state index contributed by atoms with van der Waals surface area (Å²) in [6, 6.07) is 4.53. The SMILES string of the molecule is Fc1cnc(Cl)nc1Oc1ccc(Cl)cc1Cl. The summed E-state index contributed by atoms with van der Waals surface area (Å²) in [7, 11) is 0. The van der Waals surface area contributed by atoms with E-state index in [1.165, 1.54) is 12.1 Å². The summed E-state index contributed by atoms with van der Waals surface area (Å²) in [6.45, 7) is 0. The van der Waals surface area contributed by atoms with Crippen LogP contribution in [0.3, 0.4) is 0 Å². The molecule has 1 aromatic heterocycles. The van der Waals surface area contributed by atoms with Gasteiger partial charge in [-0.05, 0) is 29.8 Å². The van der Waals surface area contributed by atoms with Gasteiger partial charge in [-0.2, -0.15) is 9.37 Å². The summed E-state index contributed by atoms with van der Waals surface area (Å²) < 4.78 is 18.5. The van der Waals surface area contributed by atoms with Crippen LogP contribution >= 0.6 is 34.8 Å². The van der Waals surface area contributed by atoms with Crippen LogP contribution < -0.4 is 4.74 Å². The minimum absolute atomic E-state index is 0.119. The summed E-state index contributed by atoms with van der Waals surface area (Å²) in [4.78, 5) is 7.06. The Labute approximate surface area is 111 Å². The maximum Gasteiger partial charge on any atom is 0.260 e. The Balaban J connectivity index is 2.34. The van der Waals surface area contributed by atoms with Gasteiger partial charge in [0.2, 0.25) is 11.1 Å². The Morgan fingerprint density at radius 2 is 1.94 bits per heavy atom. The van der Waals surface area contributed by atoms with E-state index in [1.807, 2.05) is 0 Å². The standard InChI is InChI=1S/C10H4Cl3FN2O/c11-5-1-2-8(6(12)3-5)17-9-7(14)4-15-10(13)16-9/h1-4H. The molecule has 1 aromatic carbocycles. The first-order valence-electron chi connectivity index (χ1n) is 4.37. The zero-order valence-electron chi connectivity index (χ0n) is 8.12. The Morgan fingerprint density at radius 3 is 2.65 bits per heavy atom. The molecule has 0 bridgehead atoms. The van der Waals surface area contributed by atoms with Crippen molar-refractivity contribution in [3.63, 3.8) is 0 Å². The highest BCUT2D eigenvalue weighted by Crippen LogP contribution is 2.31. The Morgan fingerprint density at radius 1 is 1.18 bits per heavy atom. The molecule has 0 aliphatic carbocycles. The second-order valence-electron chi connectivity index (χ2n) is 2.97. The number of benzene rings is 1. The second-order valence-corrected chi connectivity index (χ2v) is 4.15. The molecule has 3 nitrogen and oxygen atoms in total. The summed E-state index contributed by atoms with van der Waals surface area (Å²) in [6.07, 6.45) is 0.911. The predicted octanol–water partition coefficient (Wildman–Crippen LogP) is 4.37. The van der Waals surface area contributed by atoms with Crippen molar-refractivity contribution < 1.29 is 9.13 Å². The normalized spacial score (nSPS) is 10.4. The molecular formula is C10H4Cl3FN2O. The Kier molecular flexibility index (Phi) is 3.66. The Bertz CT molecular complexity index is 565. The predicted molar refractivity (Wildman–Crippen MR) is 63.5 cm³/mol. The second kappa shape index (κ2) is 5.04. The maximum atomic E-state index is 13.3. The van der Waals surface area contributed by atoms with Crippen LogP contribution in [0.25, 0.3) is 0 Å². The molecule has 2 rings (SSSR count). The van der Waals surface area contributed by atoms with Crippen LogP contribution in [0.15, 0.2) is 24.4 Å². The molecule has 0 saturated heterocycles. The minimum Gasteiger partial charge on any atom is -0.435 e. The van der Waals surface area contributed by atoms with Crippen molar-refractivity contribution in [2.45, 2.75) is 0 Å². The monoisotopic (exact) mass is 292 g/mol. The van der Waals surface area contributed by atoms with Crippen molar-refractivity contribution in [2.24, 2.45) is 0 Å². The zero-order chi connectivity index (χ0) is 12.4. The van der Waals surface area contributed by atoms with Gasteiger partial charge in [0.25, 0.3) is 5.88 Å². The number of halogens is 4. The molecule has 2 aromatic rings. The smallest absolute Gasteiger partial charge is 0.260 e. The quantitative estimate of drug-likeness (QED) is 0.771. The van der Waals surface area contributed by atoms with Gasteiger partial charge in [0.1, 0.15) is 5.75 Å². The van der Waals surface area contributed by atoms with Crippen molar-refractivity contribution in [1.29, 1.82) is 0 Å². The van der Waals surface area contributed by atoms with Crippen molar-refractivity contribution >= 4 is 34.8 Å². The van der Waals surface area contributed by atoms with Crippen LogP contribution in [0.1, 0.15) is 0 Å². The van der Waals surface area contributed by atoms with Gasteiger partial charge in [-0.15, -0.1) is 0 Å². The first-order valence-corrected chi connectivity index (χ1v) is 5.50. The van der Waals surface area contributed by atoms with Crippen LogP contribution in [-0.4, -0.2) is 9.97 Å². The average molecular weight is 294 g/mol. The van der Waals surface area contributed by atoms with Gasteiger partial charge in [0.05, 0.1) is 11.2 Å². The van der Waals surface area contributed by atoms with E-state index >= 15 is 0 Å². The zero-order valence-corrected chi connectivity index (χ0v) is 10.4. The van der Waals surface area contributed by atoms with E-state index in [1.54, 1.807) is 6.07 Å². The molecule has 0 aliphatic heterocycles. The fraction of sp³-hybridized carbons (Fsp3) is 0. The minimum atomic E-state index is -0.736. The van der Waals surface area contributed by atoms with Crippen LogP contribution in [0, 0.1) is 5.82 Å². The number of nitrogens with zero attached hydrogens (tertiary/aromatic N) is 2. The topological polar surface area (TPSA) is 35.0 Å². The lowest BCUT2D eigenvalue weighted by molar-refractivity contribution is 0.420. The highest BCUT2D eigenvalue weighted by molar-refractivity contribution is 6.35. The van der Waals surface area contributed by atoms with Crippen molar-refractivity contribution in [2.75, 3.05) is 0 Å². The largest absolute Gasteiger partial charge is 0.435 e. The lowest BCUT2D eigenvalue weighted by Gasteiger charge is -2.07. The van der Waals surface area contributed by atoms with Crippen LogP contribution in [0.5, 0.6) is 11.6 Å². The summed E-state index contributed by atoms with van der Waals surface area (Å²) >= 11 is 17.1. The summed E-state index contributed by atoms with van der Waals surface area (Å²) in [5.74, 6) is -0.806. The van der Waals surface area contributed by atoms with Gasteiger partial charge in [-0.3, -0.25) is 0 Å². The third kappa shape index (κ3) is 2.97. The highest BCUT2D eigenvalue weighted by atomic mass is 35.5. The molecule has 0 spiro atoms. The third-order valence-electron chi connectivity index (χ3n) is 1.78. The molecule has 17 heavy (non-hydrogen) atoms. The van der Waals surface area contributed by atoms with E-state index in [0.29, 0.717) is 5.02 Å². The van der Waals surface area contributed by atoms with Gasteiger partial charge in [0.15, 0.2) is 0 Å². The molecule has 0 radical (unpaired) electrons. The number of hydrogen-bond acceptors (Lipinski definition) is 3. The van der Waals surface area contributed by atoms with Crippen LogP contribution in [0.2, 0.25) is 15.3 Å². The first-order chi connectivity index (χ1) is 8.06. The molecule has 1 heterocycles. The van der Waals surface area contributed by atoms with E-state index in [4.69, 9.17) is 39.5 Å². The fourth-order valence-corrected chi connectivity index (χ4v) is 1.64. The van der Waals surface area contributed by atoms with Crippen molar-refractivity contribution in [1.82, 2.24) is 9.97 Å². The van der Waals surface area contributed by atoms with Crippen LogP contribution in [0.4, 0.5) is 4.39 Å². The van der Waals surface area contributed by atoms with E-state index < -0.39 is 5.82 Å². The number of hydrogen-bond donors (Lipinski definition) is 0. The van der Waals surface area contributed by atoms with Gasteiger partial charge >= 0.3 is 0 Å². The van der Waals surface area contributed by atoms with Gasteiger partial charge in [0, 0.05) is 5.02 Å². The van der Waals surface area contributed by atoms with Crippen molar-refractivity contribution in [3.8, 4) is 11.6 Å². The van der Waals surface area contributed by atoms with Gasteiger partial charge in [-0.25, -0.2) is 4.98 Å². The molecule has 7 heteroatoms. The Hall–Kier alpha value is -1.10. The first kappa shape index (κ1) is 12.4. The summed E-state index contributed by atoms with van der Waals surface area (Å²) in [5.41, 5.74) is 0. The molecule has 0 fully saturated rings. The fourth-order valence-electron chi connectivity index (χ4n) is 1.06. The lowest BCUT2D eigenvalue weighted by atomic mass is 10.3. The van der Waals surface area contributed by atoms with E-state index in [9.17, 15) is 4.39 Å². The molecule has 0 amide bonds. The van der Waals surface area contributed by atoms with Crippen molar-refractivity contribution in [3.05, 3.63) is 45.5 Å². The molecule has 0 aliphatic rings. The van der Waals surface area contributed by atoms with E-state index in [0.717, 1.165) is 6.20 Å². The molecule has 0 unspecified atom stereocenters. The van der Waals surface area contributed by atoms with Gasteiger partial charge in [-0.1, -0.05) is 23.2 Å². The molecule has 0 saturated carbocycles. The number of aromatic nitrogens is 2. The molecular weight excluding hydrogens is 289 g/mol. The molecule has 0 atom stereocenters. The van der Waals surface area contributed by atoms with E-state index in [2.05, 4.69) is 9.97 Å². The average Bonchev–Trinajstić information content (AvgIpc) is 2.27. The molecule has 0 N–H and O–H groups in total. The van der Waals surface area contributed by atoms with Gasteiger partial charge < -0.3 is 4.74 Å². The number of rotatable bonds is 2. The summed E-state index contributed by atoms with van der Waals surface area (Å²) in [5, 5.41) is 0.571. The van der Waals surface area contributed by atoms with E-state index in [-0.39, 0.29) is 21.9 Å². The molecule has 88 valence electrons. The maximum absolute atomic E-state index is 13.3.